The van der Waals surface area contributed by atoms with Crippen molar-refractivity contribution in [2.45, 2.75) is 37.8 Å². The Morgan fingerprint density at radius 1 is 1.06 bits per heavy atom. The van der Waals surface area contributed by atoms with Crippen LogP contribution in [0.5, 0.6) is 0 Å². The van der Waals surface area contributed by atoms with Crippen LogP contribution in [0.4, 0.5) is 0 Å². The lowest BCUT2D eigenvalue weighted by molar-refractivity contribution is -0.126. The van der Waals surface area contributed by atoms with Crippen molar-refractivity contribution in [1.29, 1.82) is 0 Å². The van der Waals surface area contributed by atoms with E-state index in [-0.39, 0.29) is 36.9 Å². The molecule has 2 saturated carbocycles. The molecule has 1 saturated heterocycles. The minimum Gasteiger partial charge on any atom is -0.399 e. The number of amides is 2. The second-order valence-corrected chi connectivity index (χ2v) is 9.65. The number of oxime groups is 1. The van der Waals surface area contributed by atoms with Crippen LogP contribution in [-0.4, -0.2) is 59.9 Å². The maximum Gasteiger partial charge on any atom is 0.254 e. The minimum atomic E-state index is -0.645. The molecule has 1 aliphatic heterocycles. The van der Waals surface area contributed by atoms with Gasteiger partial charge in [-0.2, -0.15) is 0 Å². The highest BCUT2D eigenvalue weighted by Gasteiger charge is 2.49. The lowest BCUT2D eigenvalue weighted by atomic mass is 9.85. The summed E-state index contributed by atoms with van der Waals surface area (Å²) in [6.45, 7) is 0.342. The van der Waals surface area contributed by atoms with Gasteiger partial charge in [0.2, 0.25) is 5.91 Å². The molecule has 0 aromatic heterocycles. The molecule has 7 heteroatoms. The number of hydrogen-bond acceptors (Lipinski definition) is 5. The molecule has 0 radical (unpaired) electrons. The molecule has 3 fully saturated rings. The number of nitrogens with one attached hydrogen (secondary N) is 1. The predicted molar refractivity (Wildman–Crippen MR) is 129 cm³/mol. The fourth-order valence-corrected chi connectivity index (χ4v) is 6.11. The summed E-state index contributed by atoms with van der Waals surface area (Å²) in [5, 5.41) is 17.1. The van der Waals surface area contributed by atoms with Crippen molar-refractivity contribution in [3.63, 3.8) is 0 Å². The zero-order valence-electron chi connectivity index (χ0n) is 19.4. The van der Waals surface area contributed by atoms with Crippen LogP contribution in [0.25, 0.3) is 11.1 Å². The topological polar surface area (TPSA) is 91.2 Å². The highest BCUT2D eigenvalue weighted by molar-refractivity contribution is 6.05. The van der Waals surface area contributed by atoms with Gasteiger partial charge in [-0.05, 0) is 54.4 Å². The van der Waals surface area contributed by atoms with Crippen molar-refractivity contribution in [3.8, 4) is 11.1 Å². The van der Waals surface area contributed by atoms with Crippen LogP contribution in [0, 0.1) is 17.8 Å². The molecule has 2 bridgehead atoms. The molecule has 0 unspecified atom stereocenters. The standard InChI is InChI=1S/C27H31N3O4/c1-34-29-22-14-24(26(32)28-25-21-12-11-20(13-21)23(25)16-31)30(15-22)27(33)19-9-7-18(8-10-19)17-5-3-2-4-6-17/h2-10,20-21,23-25,31H,11-16H2,1H3,(H,28,32)/b29-22+/t20-,21+,23+,24+,25-/m1/s1. The Kier molecular flexibility index (Phi) is 6.37. The van der Waals surface area contributed by atoms with Crippen molar-refractivity contribution in [2.75, 3.05) is 20.3 Å². The van der Waals surface area contributed by atoms with E-state index in [1.54, 1.807) is 4.90 Å². The molecule has 2 aromatic carbocycles. The van der Waals surface area contributed by atoms with E-state index >= 15 is 0 Å². The largest absolute Gasteiger partial charge is 0.399 e. The lowest BCUT2D eigenvalue weighted by Gasteiger charge is -2.32. The maximum absolute atomic E-state index is 13.5. The Labute approximate surface area is 199 Å². The van der Waals surface area contributed by atoms with E-state index in [4.69, 9.17) is 4.84 Å². The van der Waals surface area contributed by atoms with Gasteiger partial charge in [0.1, 0.15) is 13.2 Å². The monoisotopic (exact) mass is 461 g/mol. The Bertz CT molecular complexity index is 1070. The van der Waals surface area contributed by atoms with Gasteiger partial charge in [0.05, 0.1) is 12.3 Å². The molecule has 2 N–H and O–H groups in total. The molecule has 3 aliphatic rings. The van der Waals surface area contributed by atoms with E-state index in [0.717, 1.165) is 30.4 Å². The Morgan fingerprint density at radius 3 is 2.47 bits per heavy atom. The normalized spacial score (nSPS) is 28.9. The zero-order chi connectivity index (χ0) is 23.7. The van der Waals surface area contributed by atoms with Gasteiger partial charge in [-0.3, -0.25) is 9.59 Å². The van der Waals surface area contributed by atoms with Crippen LogP contribution in [0.2, 0.25) is 0 Å². The molecule has 0 spiro atoms. The first-order valence-electron chi connectivity index (χ1n) is 12.1. The number of aliphatic hydroxyl groups is 1. The van der Waals surface area contributed by atoms with Crippen molar-refractivity contribution in [2.24, 2.45) is 22.9 Å². The third-order valence-electron chi connectivity index (χ3n) is 7.79. The van der Waals surface area contributed by atoms with E-state index in [0.29, 0.717) is 29.5 Å². The Balaban J connectivity index is 1.34. The van der Waals surface area contributed by atoms with Crippen molar-refractivity contribution < 1.29 is 19.5 Å². The molecular formula is C27H31N3O4. The number of likely N-dealkylation sites (tertiary alicyclic amines) is 1. The van der Waals surface area contributed by atoms with Gasteiger partial charge >= 0.3 is 0 Å². The van der Waals surface area contributed by atoms with Crippen LogP contribution in [-0.2, 0) is 9.63 Å². The number of nitrogens with zero attached hydrogens (tertiary/aromatic N) is 2. The Hall–Kier alpha value is -3.19. The summed E-state index contributed by atoms with van der Waals surface area (Å²) < 4.78 is 0. The number of carbonyl (C=O) groups excluding carboxylic acids is 2. The van der Waals surface area contributed by atoms with Crippen molar-refractivity contribution >= 4 is 17.5 Å². The number of fused-ring (bicyclic) bond motifs is 2. The smallest absolute Gasteiger partial charge is 0.254 e. The molecule has 34 heavy (non-hydrogen) atoms. The van der Waals surface area contributed by atoms with Crippen molar-refractivity contribution in [1.82, 2.24) is 10.2 Å². The van der Waals surface area contributed by atoms with Gasteiger partial charge < -0.3 is 20.2 Å². The van der Waals surface area contributed by atoms with Crippen LogP contribution in [0.3, 0.4) is 0 Å². The van der Waals surface area contributed by atoms with Gasteiger partial charge in [-0.15, -0.1) is 0 Å². The molecule has 7 nitrogen and oxygen atoms in total. The quantitative estimate of drug-likeness (QED) is 0.647. The summed E-state index contributed by atoms with van der Waals surface area (Å²) in [6, 6.07) is 16.8. The first-order chi connectivity index (χ1) is 16.6. The molecule has 5 atom stereocenters. The van der Waals surface area contributed by atoms with Gasteiger partial charge in [0, 0.05) is 30.6 Å². The summed E-state index contributed by atoms with van der Waals surface area (Å²) in [7, 11) is 1.47. The fourth-order valence-electron chi connectivity index (χ4n) is 6.11. The van der Waals surface area contributed by atoms with E-state index in [1.165, 1.54) is 7.11 Å². The summed E-state index contributed by atoms with van der Waals surface area (Å²) >= 11 is 0. The molecule has 2 aliphatic carbocycles. The average Bonchev–Trinajstić information content (AvgIpc) is 3.59. The van der Waals surface area contributed by atoms with Crippen LogP contribution >= 0.6 is 0 Å². The minimum absolute atomic E-state index is 0.0261. The molecule has 178 valence electrons. The third kappa shape index (κ3) is 4.20. The van der Waals surface area contributed by atoms with Gasteiger partial charge in [-0.1, -0.05) is 47.6 Å². The van der Waals surface area contributed by atoms with Crippen LogP contribution in [0.1, 0.15) is 36.0 Å². The van der Waals surface area contributed by atoms with E-state index in [1.807, 2.05) is 54.6 Å². The predicted octanol–water partition coefficient (Wildman–Crippen LogP) is 3.09. The highest BCUT2D eigenvalue weighted by atomic mass is 16.6. The van der Waals surface area contributed by atoms with Crippen LogP contribution in [0.15, 0.2) is 59.8 Å². The van der Waals surface area contributed by atoms with Gasteiger partial charge in [0.15, 0.2) is 0 Å². The summed E-state index contributed by atoms with van der Waals surface area (Å²) in [6.07, 6.45) is 3.62. The van der Waals surface area contributed by atoms with Gasteiger partial charge in [0.25, 0.3) is 5.91 Å². The molecular weight excluding hydrogens is 430 g/mol. The third-order valence-corrected chi connectivity index (χ3v) is 7.79. The summed E-state index contributed by atoms with van der Waals surface area (Å²) in [4.78, 5) is 33.4. The second-order valence-electron chi connectivity index (χ2n) is 9.65. The van der Waals surface area contributed by atoms with Crippen molar-refractivity contribution in [3.05, 3.63) is 60.2 Å². The molecule has 2 aromatic rings. The highest BCUT2D eigenvalue weighted by Crippen LogP contribution is 2.48. The molecule has 1 heterocycles. The lowest BCUT2D eigenvalue weighted by Crippen LogP contribution is -2.52. The Morgan fingerprint density at radius 2 is 1.76 bits per heavy atom. The molecule has 5 rings (SSSR count). The van der Waals surface area contributed by atoms with Gasteiger partial charge in [-0.25, -0.2) is 0 Å². The summed E-state index contributed by atoms with van der Waals surface area (Å²) in [5.41, 5.74) is 3.31. The number of rotatable bonds is 6. The van der Waals surface area contributed by atoms with E-state index in [9.17, 15) is 14.7 Å². The van der Waals surface area contributed by atoms with Crippen LogP contribution < -0.4 is 5.32 Å². The first-order valence-corrected chi connectivity index (χ1v) is 12.1. The first kappa shape index (κ1) is 22.6. The second kappa shape index (κ2) is 9.58. The summed E-state index contributed by atoms with van der Waals surface area (Å²) in [5.74, 6) is 0.620. The maximum atomic E-state index is 13.5. The average molecular weight is 462 g/mol. The zero-order valence-corrected chi connectivity index (χ0v) is 19.4. The van der Waals surface area contributed by atoms with E-state index < -0.39 is 6.04 Å². The number of hydrogen-bond donors (Lipinski definition) is 2. The molecule has 2 amide bonds. The van der Waals surface area contributed by atoms with E-state index in [2.05, 4.69) is 10.5 Å². The number of benzene rings is 2. The number of carbonyl (C=O) groups is 2. The number of aliphatic hydroxyl groups excluding tert-OH is 1. The SMILES string of the molecule is CO/N=C1\C[C@@H](C(=O)N[C@@H]2[C@H]3CC[C@H](C3)[C@@H]2CO)N(C(=O)c2ccc(-c3ccccc3)cc2)C1. The fraction of sp³-hybridized carbons (Fsp3) is 0.444.